The van der Waals surface area contributed by atoms with E-state index in [2.05, 4.69) is 23.6 Å². The summed E-state index contributed by atoms with van der Waals surface area (Å²) in [6.07, 6.45) is 3.52. The monoisotopic (exact) mass is 395 g/mol. The largest absolute Gasteiger partial charge is 0.496 e. The molecular weight excluding hydrogens is 374 g/mol. The first-order valence-corrected chi connectivity index (χ1v) is 9.88. The summed E-state index contributed by atoms with van der Waals surface area (Å²) in [7, 11) is 1.59. The summed E-state index contributed by atoms with van der Waals surface area (Å²) in [5.74, 6) is 0.565. The van der Waals surface area contributed by atoms with Crippen molar-refractivity contribution >= 4 is 22.8 Å². The molecule has 30 heavy (non-hydrogen) atoms. The topological polar surface area (TPSA) is 51.5 Å². The van der Waals surface area contributed by atoms with Crippen LogP contribution in [0, 0.1) is 6.92 Å². The van der Waals surface area contributed by atoms with Gasteiger partial charge in [-0.1, -0.05) is 42.5 Å². The van der Waals surface area contributed by atoms with Crippen molar-refractivity contribution in [2.75, 3.05) is 7.11 Å². The van der Waals surface area contributed by atoms with E-state index in [4.69, 9.17) is 4.74 Å². The van der Waals surface area contributed by atoms with Gasteiger partial charge in [0.15, 0.2) is 5.78 Å². The SMILES string of the molecule is COc1cccc(-c2c3c4c(cc(C)cc4n2-c2ccccc2)C=CC3=O)c1CO. The van der Waals surface area contributed by atoms with Crippen molar-refractivity contribution in [3.05, 3.63) is 89.0 Å². The fraction of sp³-hybridized carbons (Fsp3) is 0.115. The molecule has 1 aliphatic carbocycles. The Bertz CT molecular complexity index is 1330. The van der Waals surface area contributed by atoms with Crippen LogP contribution in [0.25, 0.3) is 33.9 Å². The smallest absolute Gasteiger partial charge is 0.188 e. The third-order valence-corrected chi connectivity index (χ3v) is 5.68. The second-order valence-electron chi connectivity index (χ2n) is 7.48. The Hall–Kier alpha value is -3.63. The van der Waals surface area contributed by atoms with Crippen molar-refractivity contribution in [2.24, 2.45) is 0 Å². The first-order chi connectivity index (χ1) is 14.6. The van der Waals surface area contributed by atoms with Gasteiger partial charge in [-0.15, -0.1) is 0 Å². The summed E-state index contributed by atoms with van der Waals surface area (Å²) in [6.45, 7) is 1.87. The van der Waals surface area contributed by atoms with Crippen molar-refractivity contribution < 1.29 is 14.6 Å². The maximum atomic E-state index is 13.2. The van der Waals surface area contributed by atoms with Gasteiger partial charge in [0.2, 0.25) is 0 Å². The summed E-state index contributed by atoms with van der Waals surface area (Å²) in [5, 5.41) is 11.1. The molecule has 4 nitrogen and oxygen atoms in total. The van der Waals surface area contributed by atoms with Gasteiger partial charge in [0.1, 0.15) is 5.75 Å². The van der Waals surface area contributed by atoms with Crippen LogP contribution >= 0.6 is 0 Å². The average Bonchev–Trinajstić information content (AvgIpc) is 3.12. The highest BCUT2D eigenvalue weighted by atomic mass is 16.5. The van der Waals surface area contributed by atoms with Crippen LogP contribution in [0.5, 0.6) is 5.75 Å². The number of methoxy groups -OCH3 is 1. The van der Waals surface area contributed by atoms with E-state index in [1.807, 2.05) is 54.6 Å². The normalized spacial score (nSPS) is 12.6. The second-order valence-corrected chi connectivity index (χ2v) is 7.48. The minimum absolute atomic E-state index is 0.0345. The molecule has 0 radical (unpaired) electrons. The highest BCUT2D eigenvalue weighted by Gasteiger charge is 2.29. The Morgan fingerprint density at radius 1 is 1.00 bits per heavy atom. The minimum Gasteiger partial charge on any atom is -0.496 e. The Balaban J connectivity index is 2.01. The fourth-order valence-corrected chi connectivity index (χ4v) is 4.46. The summed E-state index contributed by atoms with van der Waals surface area (Å²) in [4.78, 5) is 13.2. The molecule has 3 aromatic carbocycles. The maximum Gasteiger partial charge on any atom is 0.188 e. The minimum atomic E-state index is -0.189. The molecule has 0 bridgehead atoms. The van der Waals surface area contributed by atoms with E-state index in [1.54, 1.807) is 13.2 Å². The lowest BCUT2D eigenvalue weighted by atomic mass is 9.92. The average molecular weight is 395 g/mol. The van der Waals surface area contributed by atoms with Gasteiger partial charge in [-0.25, -0.2) is 0 Å². The van der Waals surface area contributed by atoms with E-state index in [0.29, 0.717) is 16.9 Å². The van der Waals surface area contributed by atoms with Crippen LogP contribution in [0.1, 0.15) is 27.0 Å². The number of aliphatic hydroxyl groups is 1. The Kier molecular flexibility index (Phi) is 4.30. The number of aliphatic hydroxyl groups excluding tert-OH is 1. The number of carbonyl (C=O) groups excluding carboxylic acids is 1. The molecule has 0 fully saturated rings. The van der Waals surface area contributed by atoms with Crippen molar-refractivity contribution in [3.8, 4) is 22.7 Å². The molecule has 0 saturated heterocycles. The van der Waals surface area contributed by atoms with Gasteiger partial charge in [0, 0.05) is 22.2 Å². The number of ether oxygens (including phenoxy) is 1. The number of ketones is 1. The number of nitrogens with zero attached hydrogens (tertiary/aromatic N) is 1. The standard InChI is InChI=1S/C26H21NO3/c1-16-13-17-11-12-22(29)25-24(17)21(14-16)27(18-7-4-3-5-8-18)26(25)19-9-6-10-23(30-2)20(19)15-28/h3-14,28H,15H2,1-2H3. The zero-order chi connectivity index (χ0) is 20.8. The molecule has 1 aromatic heterocycles. The molecule has 1 aliphatic rings. The fourth-order valence-electron chi connectivity index (χ4n) is 4.46. The number of aromatic nitrogens is 1. The lowest BCUT2D eigenvalue weighted by molar-refractivity contribution is 0.104. The van der Waals surface area contributed by atoms with Crippen molar-refractivity contribution in [3.63, 3.8) is 0 Å². The van der Waals surface area contributed by atoms with Gasteiger partial charge in [0.05, 0.1) is 30.5 Å². The zero-order valence-corrected chi connectivity index (χ0v) is 16.8. The predicted octanol–water partition coefficient (Wildman–Crippen LogP) is 5.32. The van der Waals surface area contributed by atoms with Crippen LogP contribution in [0.15, 0.2) is 66.7 Å². The van der Waals surface area contributed by atoms with Crippen molar-refractivity contribution in [2.45, 2.75) is 13.5 Å². The summed E-state index contributed by atoms with van der Waals surface area (Å²) < 4.78 is 7.63. The summed E-state index contributed by atoms with van der Waals surface area (Å²) in [6, 6.07) is 19.9. The quantitative estimate of drug-likeness (QED) is 0.509. The van der Waals surface area contributed by atoms with Crippen LogP contribution in [0.4, 0.5) is 0 Å². The van der Waals surface area contributed by atoms with E-state index in [9.17, 15) is 9.90 Å². The molecule has 0 saturated carbocycles. The predicted molar refractivity (Wildman–Crippen MR) is 119 cm³/mol. The number of para-hydroxylation sites is 1. The third-order valence-electron chi connectivity index (χ3n) is 5.68. The molecule has 5 rings (SSSR count). The number of carbonyl (C=O) groups is 1. The molecule has 0 aliphatic heterocycles. The molecule has 0 spiro atoms. The first-order valence-electron chi connectivity index (χ1n) is 9.88. The molecule has 148 valence electrons. The number of benzene rings is 3. The summed E-state index contributed by atoms with van der Waals surface area (Å²) >= 11 is 0. The molecule has 4 aromatic rings. The maximum absolute atomic E-state index is 13.2. The molecule has 4 heteroatoms. The van der Waals surface area contributed by atoms with Crippen LogP contribution in [0.3, 0.4) is 0 Å². The number of hydrogen-bond donors (Lipinski definition) is 1. The molecule has 0 unspecified atom stereocenters. The van der Waals surface area contributed by atoms with Crippen molar-refractivity contribution in [1.29, 1.82) is 0 Å². The van der Waals surface area contributed by atoms with Gasteiger partial charge >= 0.3 is 0 Å². The second kappa shape index (κ2) is 7.01. The Morgan fingerprint density at radius 3 is 2.53 bits per heavy atom. The number of rotatable bonds is 4. The van der Waals surface area contributed by atoms with Crippen LogP contribution in [-0.2, 0) is 6.61 Å². The zero-order valence-electron chi connectivity index (χ0n) is 16.8. The van der Waals surface area contributed by atoms with Crippen molar-refractivity contribution in [1.82, 2.24) is 4.57 Å². The lowest BCUT2D eigenvalue weighted by Gasteiger charge is -2.17. The molecular formula is C26H21NO3. The lowest BCUT2D eigenvalue weighted by Crippen LogP contribution is -2.05. The van der Waals surface area contributed by atoms with E-state index < -0.39 is 0 Å². The number of allylic oxidation sites excluding steroid dienone is 1. The van der Waals surface area contributed by atoms with Crippen LogP contribution < -0.4 is 4.74 Å². The molecule has 0 atom stereocenters. The van der Waals surface area contributed by atoms with Crippen LogP contribution in [0.2, 0.25) is 0 Å². The Labute approximate surface area is 174 Å². The Morgan fingerprint density at radius 2 is 1.80 bits per heavy atom. The molecule has 0 amide bonds. The number of hydrogen-bond acceptors (Lipinski definition) is 3. The van der Waals surface area contributed by atoms with Gasteiger partial charge < -0.3 is 14.4 Å². The highest BCUT2D eigenvalue weighted by Crippen LogP contribution is 2.43. The van der Waals surface area contributed by atoms with Gasteiger partial charge in [0.25, 0.3) is 0 Å². The van der Waals surface area contributed by atoms with Gasteiger partial charge in [-0.05, 0) is 48.4 Å². The summed E-state index contributed by atoms with van der Waals surface area (Å²) in [5.41, 5.74) is 6.99. The van der Waals surface area contributed by atoms with E-state index in [-0.39, 0.29) is 12.4 Å². The molecule has 1 N–H and O–H groups in total. The van der Waals surface area contributed by atoms with E-state index >= 15 is 0 Å². The van der Waals surface area contributed by atoms with Gasteiger partial charge in [-0.2, -0.15) is 0 Å². The molecule has 1 heterocycles. The first kappa shape index (κ1) is 18.4. The highest BCUT2D eigenvalue weighted by molar-refractivity contribution is 6.24. The van der Waals surface area contributed by atoms with Gasteiger partial charge in [-0.3, -0.25) is 4.79 Å². The van der Waals surface area contributed by atoms with E-state index in [1.165, 1.54) is 0 Å². The van der Waals surface area contributed by atoms with Crippen LogP contribution in [-0.4, -0.2) is 22.6 Å². The number of aryl methyl sites for hydroxylation is 1. The van der Waals surface area contributed by atoms with E-state index in [0.717, 1.165) is 39.0 Å². The third kappa shape index (κ3) is 2.61.